The van der Waals surface area contributed by atoms with Crippen LogP contribution in [0.4, 0.5) is 34.6 Å². The van der Waals surface area contributed by atoms with Crippen LogP contribution in [0.25, 0.3) is 11.0 Å². The number of hydrogen-bond donors (Lipinski definition) is 2. The molecule has 41 heavy (non-hydrogen) atoms. The predicted molar refractivity (Wildman–Crippen MR) is 164 cm³/mol. The second kappa shape index (κ2) is 11.6. The Bertz CT molecular complexity index is 1690. The van der Waals surface area contributed by atoms with Gasteiger partial charge in [-0.15, -0.1) is 0 Å². The number of hydrogen-bond acceptors (Lipinski definition) is 12. The maximum atomic E-state index is 12.5. The molecule has 13 nitrogen and oxygen atoms in total. The van der Waals surface area contributed by atoms with Gasteiger partial charge in [-0.2, -0.15) is 9.97 Å². The number of halogens is 1. The second-order valence-corrected chi connectivity index (χ2v) is 12.7. The highest BCUT2D eigenvalue weighted by Crippen LogP contribution is 2.37. The first-order chi connectivity index (χ1) is 19.5. The summed E-state index contributed by atoms with van der Waals surface area (Å²) in [7, 11) is 3.60. The summed E-state index contributed by atoms with van der Waals surface area (Å²) in [4.78, 5) is 26.9. The van der Waals surface area contributed by atoms with Crippen LogP contribution in [-0.4, -0.2) is 91.9 Å². The van der Waals surface area contributed by atoms with Gasteiger partial charge >= 0.3 is 0 Å². The zero-order valence-electron chi connectivity index (χ0n) is 23.3. The molecule has 1 aromatic carbocycles. The van der Waals surface area contributed by atoms with Gasteiger partial charge in [-0.1, -0.05) is 0 Å². The molecule has 4 heterocycles. The second-order valence-electron chi connectivity index (χ2n) is 9.80. The number of fused-ring (bicyclic) bond motifs is 1. The molecule has 1 saturated heterocycles. The van der Waals surface area contributed by atoms with Gasteiger partial charge in [-0.05, 0) is 60.2 Å². The maximum absolute atomic E-state index is 12.5. The van der Waals surface area contributed by atoms with Crippen molar-refractivity contribution in [1.82, 2.24) is 29.8 Å². The van der Waals surface area contributed by atoms with Gasteiger partial charge < -0.3 is 25.2 Å². The molecule has 4 aromatic rings. The number of likely N-dealkylation sites (N-methyl/N-ethyl adjacent to an activating group) is 2. The summed E-state index contributed by atoms with van der Waals surface area (Å²) in [6.07, 6.45) is 6.87. The van der Waals surface area contributed by atoms with Crippen LogP contribution >= 0.6 is 15.9 Å². The predicted octanol–water partition coefficient (Wildman–Crippen LogP) is 3.61. The first-order valence-electron chi connectivity index (χ1n) is 12.8. The highest BCUT2D eigenvalue weighted by molar-refractivity contribution is 9.10. The van der Waals surface area contributed by atoms with E-state index >= 15 is 0 Å². The van der Waals surface area contributed by atoms with E-state index in [1.165, 1.54) is 17.5 Å². The largest absolute Gasteiger partial charge is 0.479 e. The van der Waals surface area contributed by atoms with E-state index in [9.17, 15) is 8.42 Å². The van der Waals surface area contributed by atoms with Crippen LogP contribution in [0.2, 0.25) is 0 Å². The summed E-state index contributed by atoms with van der Waals surface area (Å²) >= 11 is 3.49. The topological polar surface area (TPSA) is 142 Å². The van der Waals surface area contributed by atoms with Crippen molar-refractivity contribution in [2.75, 3.05) is 67.4 Å². The lowest BCUT2D eigenvalue weighted by Gasteiger charge is -2.26. The SMILES string of the molecule is COc1nc(N(C)C2CCN(C)C2)ccc1Nc1ncc(Br)c(Nc2ccc3nccnc3c2N(C)S(C)(=O)=O)n1. The number of methoxy groups -OCH3 is 1. The Hall–Kier alpha value is -3.82. The minimum Gasteiger partial charge on any atom is -0.479 e. The van der Waals surface area contributed by atoms with Crippen molar-refractivity contribution in [2.45, 2.75) is 12.5 Å². The lowest BCUT2D eigenvalue weighted by molar-refractivity contribution is 0.398. The number of likely N-dealkylation sites (tertiary alicyclic amines) is 1. The van der Waals surface area contributed by atoms with Gasteiger partial charge in [0.15, 0.2) is 0 Å². The van der Waals surface area contributed by atoms with Crippen molar-refractivity contribution in [3.8, 4) is 5.88 Å². The van der Waals surface area contributed by atoms with E-state index in [4.69, 9.17) is 9.72 Å². The molecule has 1 atom stereocenters. The number of pyridine rings is 1. The lowest BCUT2D eigenvalue weighted by atomic mass is 10.2. The molecule has 0 amide bonds. The number of rotatable bonds is 9. The number of sulfonamides is 1. The minimum absolute atomic E-state index is 0.285. The van der Waals surface area contributed by atoms with Crippen LogP contribution in [0.5, 0.6) is 5.88 Å². The summed E-state index contributed by atoms with van der Waals surface area (Å²) in [6.45, 7) is 2.04. The molecule has 1 aliphatic rings. The van der Waals surface area contributed by atoms with Gasteiger partial charge in [0.2, 0.25) is 21.9 Å². The number of nitrogens with zero attached hydrogens (tertiary/aromatic N) is 8. The Morgan fingerprint density at radius 2 is 1.80 bits per heavy atom. The molecule has 5 rings (SSSR count). The van der Waals surface area contributed by atoms with Crippen molar-refractivity contribution >= 4 is 71.6 Å². The zero-order chi connectivity index (χ0) is 29.3. The Morgan fingerprint density at radius 3 is 2.51 bits per heavy atom. The number of nitrogens with one attached hydrogen (secondary N) is 2. The molecule has 0 spiro atoms. The van der Waals surface area contributed by atoms with Crippen molar-refractivity contribution in [3.05, 3.63) is 47.3 Å². The van der Waals surface area contributed by atoms with Gasteiger partial charge in [0.05, 0.1) is 29.0 Å². The van der Waals surface area contributed by atoms with Crippen molar-refractivity contribution in [3.63, 3.8) is 0 Å². The van der Waals surface area contributed by atoms with Gasteiger partial charge in [-0.25, -0.2) is 13.4 Å². The molecular weight excluding hydrogens is 612 g/mol. The fourth-order valence-electron chi connectivity index (χ4n) is 4.66. The van der Waals surface area contributed by atoms with Gasteiger partial charge in [0.25, 0.3) is 0 Å². The third-order valence-corrected chi connectivity index (χ3v) is 8.74. The highest BCUT2D eigenvalue weighted by Gasteiger charge is 2.25. The average molecular weight is 644 g/mol. The van der Waals surface area contributed by atoms with E-state index < -0.39 is 10.0 Å². The molecule has 1 fully saturated rings. The molecule has 0 aliphatic carbocycles. The van der Waals surface area contributed by atoms with Gasteiger partial charge in [0.1, 0.15) is 28.5 Å². The molecule has 2 N–H and O–H groups in total. The molecule has 216 valence electrons. The summed E-state index contributed by atoms with van der Waals surface area (Å²) in [5, 5.41) is 6.42. The molecule has 3 aromatic heterocycles. The van der Waals surface area contributed by atoms with Gasteiger partial charge in [0, 0.05) is 45.3 Å². The third kappa shape index (κ3) is 6.11. The quantitative estimate of drug-likeness (QED) is 0.275. The Balaban J connectivity index is 1.44. The average Bonchev–Trinajstić information content (AvgIpc) is 3.39. The molecule has 15 heteroatoms. The van der Waals surface area contributed by atoms with Gasteiger partial charge in [-0.3, -0.25) is 14.3 Å². The molecule has 1 aliphatic heterocycles. The fourth-order valence-corrected chi connectivity index (χ4v) is 5.47. The number of anilines is 6. The standard InChI is InChI=1S/C26H31BrN10O3S/c1-35-13-10-16(15-35)36(2)21-9-8-20(25(33-21)40-4)32-26-30-14-17(27)24(34-26)31-19-7-6-18-22(29-12-11-28-18)23(19)37(3)41(5,38)39/h6-9,11-12,14,16H,10,13,15H2,1-5H3,(H2,30,31,32,34). The summed E-state index contributed by atoms with van der Waals surface area (Å²) in [6, 6.07) is 7.70. The third-order valence-electron chi connectivity index (χ3n) is 6.98. The van der Waals surface area contributed by atoms with E-state index in [0.717, 1.165) is 31.6 Å². The molecule has 0 saturated carbocycles. The van der Waals surface area contributed by atoms with E-state index in [2.05, 4.69) is 63.3 Å². The summed E-state index contributed by atoms with van der Waals surface area (Å²) in [5.74, 6) is 1.91. The van der Waals surface area contributed by atoms with Crippen molar-refractivity contribution < 1.29 is 13.2 Å². The molecule has 0 radical (unpaired) electrons. The molecule has 0 bridgehead atoms. The lowest BCUT2D eigenvalue weighted by Crippen LogP contribution is -2.34. The smallest absolute Gasteiger partial charge is 0.239 e. The Labute approximate surface area is 247 Å². The van der Waals surface area contributed by atoms with Crippen molar-refractivity contribution in [2.24, 2.45) is 0 Å². The number of benzene rings is 1. The highest BCUT2D eigenvalue weighted by atomic mass is 79.9. The number of aromatic nitrogens is 5. The first-order valence-corrected chi connectivity index (χ1v) is 15.4. The zero-order valence-corrected chi connectivity index (χ0v) is 25.7. The van der Waals surface area contributed by atoms with Crippen molar-refractivity contribution in [1.29, 1.82) is 0 Å². The van der Waals surface area contributed by atoms with E-state index in [-0.39, 0.29) is 5.95 Å². The normalized spacial score (nSPS) is 15.6. The van der Waals surface area contributed by atoms with E-state index in [0.29, 0.717) is 50.3 Å². The van der Waals surface area contributed by atoms with Crippen LogP contribution in [0.1, 0.15) is 6.42 Å². The van der Waals surface area contributed by atoms with E-state index in [1.807, 2.05) is 19.2 Å². The van der Waals surface area contributed by atoms with Crippen LogP contribution in [0, 0.1) is 0 Å². The van der Waals surface area contributed by atoms with E-state index in [1.54, 1.807) is 31.6 Å². The Kier molecular flexibility index (Phi) is 8.11. The maximum Gasteiger partial charge on any atom is 0.239 e. The monoisotopic (exact) mass is 642 g/mol. The summed E-state index contributed by atoms with van der Waals surface area (Å²) in [5.41, 5.74) is 2.40. The molecule has 1 unspecified atom stereocenters. The minimum atomic E-state index is -3.60. The summed E-state index contributed by atoms with van der Waals surface area (Å²) < 4.78 is 32.3. The molecular formula is C26H31BrN10O3S. The van der Waals surface area contributed by atoms with Crippen LogP contribution in [0.3, 0.4) is 0 Å². The first kappa shape index (κ1) is 28.7. The van der Waals surface area contributed by atoms with Crippen LogP contribution in [-0.2, 0) is 10.0 Å². The van der Waals surface area contributed by atoms with Crippen LogP contribution in [0.15, 0.2) is 47.3 Å². The fraction of sp³-hybridized carbons (Fsp3) is 0.346. The number of ether oxygens (including phenoxy) is 1. The van der Waals surface area contributed by atoms with Crippen LogP contribution < -0.4 is 24.6 Å². The Morgan fingerprint density at radius 1 is 1.05 bits per heavy atom.